The summed E-state index contributed by atoms with van der Waals surface area (Å²) < 4.78 is 1.03. The smallest absolute Gasteiger partial charge is 0.229 e. The number of carbonyl (C=O) groups excluding carboxylic acids is 1. The van der Waals surface area contributed by atoms with Gasteiger partial charge in [-0.3, -0.25) is 4.79 Å². The van der Waals surface area contributed by atoms with Gasteiger partial charge in [-0.15, -0.1) is 11.3 Å². The number of piperazine rings is 1. The molecule has 7 nitrogen and oxygen atoms in total. The molecule has 1 N–H and O–H groups in total. The van der Waals surface area contributed by atoms with E-state index < -0.39 is 0 Å². The quantitative estimate of drug-likeness (QED) is 0.451. The van der Waals surface area contributed by atoms with Crippen molar-refractivity contribution in [3.8, 4) is 0 Å². The number of hydrogen-bond donors (Lipinski definition) is 1. The van der Waals surface area contributed by atoms with Crippen LogP contribution in [0.5, 0.6) is 0 Å². The van der Waals surface area contributed by atoms with Crippen LogP contribution >= 0.6 is 11.3 Å². The second-order valence-electron chi connectivity index (χ2n) is 7.91. The minimum Gasteiger partial charge on any atom is -0.354 e. The van der Waals surface area contributed by atoms with Gasteiger partial charge < -0.3 is 15.1 Å². The highest BCUT2D eigenvalue weighted by molar-refractivity contribution is 7.18. The predicted molar refractivity (Wildman–Crippen MR) is 129 cm³/mol. The van der Waals surface area contributed by atoms with Crippen LogP contribution in [0.4, 0.5) is 17.5 Å². The third kappa shape index (κ3) is 4.61. The lowest BCUT2D eigenvalue weighted by atomic mass is 10.1. The number of carbonyl (C=O) groups is 1. The number of thiazole rings is 1. The van der Waals surface area contributed by atoms with Crippen molar-refractivity contribution >= 4 is 44.8 Å². The molecule has 4 aromatic rings. The summed E-state index contributed by atoms with van der Waals surface area (Å²) in [4.78, 5) is 30.8. The summed E-state index contributed by atoms with van der Waals surface area (Å²) in [5.41, 5.74) is 2.51. The maximum Gasteiger partial charge on any atom is 0.229 e. The van der Waals surface area contributed by atoms with Crippen molar-refractivity contribution in [2.24, 2.45) is 0 Å². The lowest BCUT2D eigenvalue weighted by Crippen LogP contribution is -2.44. The van der Waals surface area contributed by atoms with Crippen LogP contribution in [0.25, 0.3) is 10.2 Å². The van der Waals surface area contributed by atoms with Gasteiger partial charge in [0.2, 0.25) is 5.95 Å². The molecule has 1 saturated heterocycles. The molecule has 0 aliphatic carbocycles. The van der Waals surface area contributed by atoms with Gasteiger partial charge >= 0.3 is 0 Å². The first kappa shape index (κ1) is 20.5. The molecule has 1 aliphatic rings. The zero-order valence-electron chi connectivity index (χ0n) is 17.9. The third-order valence-corrected chi connectivity index (χ3v) is 6.58. The zero-order chi connectivity index (χ0) is 21.9. The first-order valence-corrected chi connectivity index (χ1v) is 11.5. The number of aromatic nitrogens is 3. The van der Waals surface area contributed by atoms with Gasteiger partial charge in [0.1, 0.15) is 10.8 Å². The van der Waals surface area contributed by atoms with E-state index in [4.69, 9.17) is 4.98 Å². The van der Waals surface area contributed by atoms with Crippen LogP contribution in [0, 0.1) is 0 Å². The molecule has 8 heteroatoms. The Balaban J connectivity index is 1.30. The van der Waals surface area contributed by atoms with Gasteiger partial charge in [0.15, 0.2) is 5.78 Å². The number of rotatable bonds is 6. The van der Waals surface area contributed by atoms with E-state index in [0.717, 1.165) is 52.9 Å². The molecule has 162 valence electrons. The number of fused-ring (bicyclic) bond motifs is 1. The molecule has 0 amide bonds. The summed E-state index contributed by atoms with van der Waals surface area (Å²) in [5.74, 6) is 1.60. The molecule has 32 heavy (non-hydrogen) atoms. The molecular formula is C24H24N6OS. The van der Waals surface area contributed by atoms with Crippen LogP contribution in [0.1, 0.15) is 15.4 Å². The van der Waals surface area contributed by atoms with Crippen LogP contribution in [-0.2, 0) is 6.42 Å². The third-order valence-electron chi connectivity index (χ3n) is 5.56. The number of hydrogen-bond acceptors (Lipinski definition) is 8. The molecule has 0 unspecified atom stereocenters. The van der Waals surface area contributed by atoms with E-state index in [1.165, 1.54) is 0 Å². The van der Waals surface area contributed by atoms with Crippen LogP contribution in [-0.4, -0.2) is 58.9 Å². The Morgan fingerprint density at radius 3 is 2.66 bits per heavy atom. The molecule has 1 aliphatic heterocycles. The van der Waals surface area contributed by atoms with Gasteiger partial charge in [0.25, 0.3) is 0 Å². The molecule has 0 bridgehead atoms. The largest absolute Gasteiger partial charge is 0.354 e. The first-order valence-electron chi connectivity index (χ1n) is 10.7. The molecule has 0 radical (unpaired) electrons. The highest BCUT2D eigenvalue weighted by Crippen LogP contribution is 2.27. The normalized spacial score (nSPS) is 14.6. The van der Waals surface area contributed by atoms with Gasteiger partial charge in [-0.2, -0.15) is 4.98 Å². The average molecular weight is 445 g/mol. The van der Waals surface area contributed by atoms with Crippen LogP contribution in [0.3, 0.4) is 0 Å². The Labute approximate surface area is 190 Å². The number of nitrogens with one attached hydrogen (secondary N) is 1. The summed E-state index contributed by atoms with van der Waals surface area (Å²) in [5, 5.41) is 4.13. The van der Waals surface area contributed by atoms with E-state index in [0.29, 0.717) is 17.9 Å². The number of benzene rings is 2. The van der Waals surface area contributed by atoms with E-state index in [1.807, 2.05) is 54.6 Å². The topological polar surface area (TPSA) is 74.2 Å². The fourth-order valence-corrected chi connectivity index (χ4v) is 4.74. The van der Waals surface area contributed by atoms with Crippen molar-refractivity contribution < 1.29 is 4.79 Å². The van der Waals surface area contributed by atoms with Crippen LogP contribution in [0.15, 0.2) is 60.8 Å². The van der Waals surface area contributed by atoms with E-state index >= 15 is 0 Å². The SMILES string of the molecule is CN1CCN(c2ccnc(Nc3ccc4nc(CC(=O)c5ccccc5)sc4c3)n2)CC1. The molecule has 1 fully saturated rings. The Morgan fingerprint density at radius 1 is 1.03 bits per heavy atom. The maximum atomic E-state index is 12.5. The second kappa shape index (κ2) is 9.02. The minimum absolute atomic E-state index is 0.0807. The summed E-state index contributed by atoms with van der Waals surface area (Å²) in [6.07, 6.45) is 2.10. The molecule has 2 aromatic heterocycles. The molecule has 0 spiro atoms. The number of ketones is 1. The fourth-order valence-electron chi connectivity index (χ4n) is 3.74. The second-order valence-corrected chi connectivity index (χ2v) is 9.03. The Bertz CT molecular complexity index is 1230. The Hall–Kier alpha value is -3.36. The lowest BCUT2D eigenvalue weighted by molar-refractivity contribution is 0.0993. The summed E-state index contributed by atoms with van der Waals surface area (Å²) >= 11 is 1.55. The fraction of sp³-hybridized carbons (Fsp3) is 0.250. The van der Waals surface area contributed by atoms with E-state index in [-0.39, 0.29) is 5.78 Å². The standard InChI is InChI=1S/C24H24N6OS/c1-29-11-13-30(14-12-29)22-9-10-25-24(28-22)26-18-7-8-19-21(15-18)32-23(27-19)16-20(31)17-5-3-2-4-6-17/h2-10,15H,11-14,16H2,1H3,(H,25,26,28). The van der Waals surface area contributed by atoms with Gasteiger partial charge in [-0.25, -0.2) is 9.97 Å². The van der Waals surface area contributed by atoms with Crippen LogP contribution < -0.4 is 10.2 Å². The van der Waals surface area contributed by atoms with Crippen molar-refractivity contribution in [1.82, 2.24) is 19.9 Å². The Kier molecular flexibility index (Phi) is 5.79. The first-order chi connectivity index (χ1) is 15.6. The van der Waals surface area contributed by atoms with Crippen molar-refractivity contribution in [2.45, 2.75) is 6.42 Å². The van der Waals surface area contributed by atoms with Crippen molar-refractivity contribution in [3.05, 3.63) is 71.4 Å². The number of nitrogens with zero attached hydrogens (tertiary/aromatic N) is 5. The average Bonchev–Trinajstić information content (AvgIpc) is 3.22. The van der Waals surface area contributed by atoms with Crippen molar-refractivity contribution in [1.29, 1.82) is 0 Å². The number of anilines is 3. The maximum absolute atomic E-state index is 12.5. The van der Waals surface area contributed by atoms with Gasteiger partial charge in [0, 0.05) is 43.6 Å². The molecular weight excluding hydrogens is 420 g/mol. The molecule has 2 aromatic carbocycles. The van der Waals surface area contributed by atoms with E-state index in [1.54, 1.807) is 17.5 Å². The predicted octanol–water partition coefficient (Wildman–Crippen LogP) is 4.01. The Morgan fingerprint density at radius 2 is 1.84 bits per heavy atom. The minimum atomic E-state index is 0.0807. The van der Waals surface area contributed by atoms with Gasteiger partial charge in [-0.1, -0.05) is 30.3 Å². The van der Waals surface area contributed by atoms with E-state index in [9.17, 15) is 4.79 Å². The van der Waals surface area contributed by atoms with Gasteiger partial charge in [0.05, 0.1) is 16.6 Å². The summed E-state index contributed by atoms with van der Waals surface area (Å²) in [6, 6.07) is 17.3. The molecule has 3 heterocycles. The monoisotopic (exact) mass is 444 g/mol. The van der Waals surface area contributed by atoms with E-state index in [2.05, 4.69) is 32.1 Å². The summed E-state index contributed by atoms with van der Waals surface area (Å²) in [7, 11) is 2.14. The number of Topliss-reactive ketones (excluding diaryl/α,β-unsaturated/α-hetero) is 1. The molecule has 0 atom stereocenters. The van der Waals surface area contributed by atoms with Crippen molar-refractivity contribution in [3.63, 3.8) is 0 Å². The number of likely N-dealkylation sites (N-methyl/N-ethyl adjacent to an activating group) is 1. The van der Waals surface area contributed by atoms with Crippen molar-refractivity contribution in [2.75, 3.05) is 43.4 Å². The zero-order valence-corrected chi connectivity index (χ0v) is 18.7. The summed E-state index contributed by atoms with van der Waals surface area (Å²) in [6.45, 7) is 3.99. The lowest BCUT2D eigenvalue weighted by Gasteiger charge is -2.33. The molecule has 0 saturated carbocycles. The highest BCUT2D eigenvalue weighted by atomic mass is 32.1. The highest BCUT2D eigenvalue weighted by Gasteiger charge is 2.16. The van der Waals surface area contributed by atoms with Gasteiger partial charge in [-0.05, 0) is 31.3 Å². The van der Waals surface area contributed by atoms with Crippen LogP contribution in [0.2, 0.25) is 0 Å². The molecule has 5 rings (SSSR count).